The van der Waals surface area contributed by atoms with Crippen LogP contribution >= 0.6 is 0 Å². The van der Waals surface area contributed by atoms with Gasteiger partial charge in [-0.1, -0.05) is 96.1 Å². The molecule has 0 spiro atoms. The van der Waals surface area contributed by atoms with E-state index in [1.807, 2.05) is 0 Å². The molecule has 4 atom stereocenters. The molecular weight excluding hydrogens is 392 g/mol. The first-order valence-corrected chi connectivity index (χ1v) is 13.0. The van der Waals surface area contributed by atoms with Gasteiger partial charge >= 0.3 is 0 Å². The number of allylic oxidation sites excluding steroid dienone is 2. The summed E-state index contributed by atoms with van der Waals surface area (Å²) in [5.41, 5.74) is 0. The van der Waals surface area contributed by atoms with Gasteiger partial charge in [0.05, 0.1) is 13.2 Å². The van der Waals surface area contributed by atoms with Crippen molar-refractivity contribution in [2.75, 3.05) is 19.8 Å². The normalized spacial score (nSPS) is 22.5. The lowest BCUT2D eigenvalue weighted by atomic mass is 10.0. The van der Waals surface area contributed by atoms with Gasteiger partial charge in [0.25, 0.3) is 0 Å². The molecule has 0 aromatic heterocycles. The van der Waals surface area contributed by atoms with Crippen molar-refractivity contribution in [3.05, 3.63) is 12.2 Å². The summed E-state index contributed by atoms with van der Waals surface area (Å²) >= 11 is 0. The van der Waals surface area contributed by atoms with Gasteiger partial charge in [-0.2, -0.15) is 0 Å². The minimum absolute atomic E-state index is 0.0624. The van der Waals surface area contributed by atoms with Crippen LogP contribution in [0.2, 0.25) is 0 Å². The van der Waals surface area contributed by atoms with Crippen LogP contribution in [0.1, 0.15) is 110 Å². The van der Waals surface area contributed by atoms with Crippen LogP contribution in [0.25, 0.3) is 0 Å². The van der Waals surface area contributed by atoms with E-state index in [1.54, 1.807) is 0 Å². The number of ether oxygens (including phenoxy) is 2. The minimum Gasteiger partial charge on any atom is -0.388 e. The minimum atomic E-state index is -1.04. The lowest BCUT2D eigenvalue weighted by Gasteiger charge is -2.20. The molecule has 3 N–H and O–H groups in total. The van der Waals surface area contributed by atoms with E-state index in [1.165, 1.54) is 83.5 Å². The molecule has 0 radical (unpaired) electrons. The fourth-order valence-corrected chi connectivity index (χ4v) is 4.08. The van der Waals surface area contributed by atoms with E-state index in [-0.39, 0.29) is 13.2 Å². The van der Waals surface area contributed by atoms with E-state index in [0.717, 1.165) is 19.3 Å². The van der Waals surface area contributed by atoms with E-state index in [2.05, 4.69) is 19.1 Å². The Morgan fingerprint density at radius 3 is 1.84 bits per heavy atom. The molecule has 0 aliphatic carbocycles. The third-order valence-corrected chi connectivity index (χ3v) is 6.16. The molecule has 1 aliphatic rings. The molecule has 0 aromatic rings. The molecule has 0 saturated carbocycles. The van der Waals surface area contributed by atoms with Crippen molar-refractivity contribution in [2.45, 2.75) is 134 Å². The molecule has 184 valence electrons. The Morgan fingerprint density at radius 2 is 1.32 bits per heavy atom. The lowest BCUT2D eigenvalue weighted by Crippen LogP contribution is -2.40. The fourth-order valence-electron chi connectivity index (χ4n) is 4.08. The molecule has 1 rings (SSSR count). The highest BCUT2D eigenvalue weighted by atomic mass is 16.5. The molecule has 1 aliphatic heterocycles. The van der Waals surface area contributed by atoms with Crippen LogP contribution in [0.15, 0.2) is 12.2 Å². The van der Waals surface area contributed by atoms with E-state index in [0.29, 0.717) is 6.61 Å². The Balaban J connectivity index is 1.77. The van der Waals surface area contributed by atoms with Crippen molar-refractivity contribution >= 4 is 0 Å². The maximum atomic E-state index is 9.95. The van der Waals surface area contributed by atoms with Gasteiger partial charge in [0, 0.05) is 6.61 Å². The molecule has 1 saturated heterocycles. The van der Waals surface area contributed by atoms with Gasteiger partial charge in [0.15, 0.2) is 0 Å². The second-order valence-corrected chi connectivity index (χ2v) is 9.14. The number of hydrogen-bond donors (Lipinski definition) is 3. The van der Waals surface area contributed by atoms with Gasteiger partial charge in [0.1, 0.15) is 24.4 Å². The lowest BCUT2D eigenvalue weighted by molar-refractivity contribution is -0.0811. The molecule has 1 heterocycles. The summed E-state index contributed by atoms with van der Waals surface area (Å²) in [6.07, 6.45) is 22.1. The fraction of sp³-hybridized carbons (Fsp3) is 0.923. The molecule has 1 fully saturated rings. The van der Waals surface area contributed by atoms with Crippen LogP contribution in [0.5, 0.6) is 0 Å². The summed E-state index contributed by atoms with van der Waals surface area (Å²) in [7, 11) is 0. The Labute approximate surface area is 191 Å². The molecule has 5 heteroatoms. The van der Waals surface area contributed by atoms with E-state index >= 15 is 0 Å². The molecule has 0 amide bonds. The molecule has 5 nitrogen and oxygen atoms in total. The number of unbranched alkanes of at least 4 members (excludes halogenated alkanes) is 14. The first-order valence-electron chi connectivity index (χ1n) is 13.0. The largest absolute Gasteiger partial charge is 0.388 e. The van der Waals surface area contributed by atoms with Crippen molar-refractivity contribution in [3.8, 4) is 0 Å². The topological polar surface area (TPSA) is 79.2 Å². The van der Waals surface area contributed by atoms with Crippen molar-refractivity contribution < 1.29 is 24.8 Å². The SMILES string of the molecule is CCCCCCCCCCCCCCC/C=C/CCCOC[C@H](O)[C@H]1OC[C@@H](O)[C@H]1O. The number of aliphatic hydroxyl groups is 3. The first-order chi connectivity index (χ1) is 15.2. The molecule has 0 unspecified atom stereocenters. The summed E-state index contributed by atoms with van der Waals surface area (Å²) in [5, 5.41) is 29.1. The molecule has 31 heavy (non-hydrogen) atoms. The second kappa shape index (κ2) is 20.2. The summed E-state index contributed by atoms with van der Waals surface area (Å²) in [5.74, 6) is 0. The first kappa shape index (κ1) is 28.6. The number of hydrogen-bond acceptors (Lipinski definition) is 5. The van der Waals surface area contributed by atoms with Crippen molar-refractivity contribution in [1.82, 2.24) is 0 Å². The van der Waals surface area contributed by atoms with Gasteiger partial charge in [-0.05, 0) is 25.7 Å². The highest BCUT2D eigenvalue weighted by Crippen LogP contribution is 2.18. The third-order valence-electron chi connectivity index (χ3n) is 6.16. The maximum Gasteiger partial charge on any atom is 0.114 e. The Hall–Kier alpha value is -0.460. The summed E-state index contributed by atoms with van der Waals surface area (Å²) in [4.78, 5) is 0. The van der Waals surface area contributed by atoms with Gasteiger partial charge in [-0.3, -0.25) is 0 Å². The van der Waals surface area contributed by atoms with E-state index in [9.17, 15) is 15.3 Å². The zero-order valence-corrected chi connectivity index (χ0v) is 20.1. The van der Waals surface area contributed by atoms with Crippen LogP contribution in [-0.2, 0) is 9.47 Å². The second-order valence-electron chi connectivity index (χ2n) is 9.14. The average Bonchev–Trinajstić information content (AvgIpc) is 3.10. The van der Waals surface area contributed by atoms with Crippen LogP contribution in [-0.4, -0.2) is 59.6 Å². The van der Waals surface area contributed by atoms with Crippen LogP contribution in [0.3, 0.4) is 0 Å². The van der Waals surface area contributed by atoms with Gasteiger partial charge in [-0.25, -0.2) is 0 Å². The van der Waals surface area contributed by atoms with Gasteiger partial charge < -0.3 is 24.8 Å². The van der Waals surface area contributed by atoms with Crippen LogP contribution in [0.4, 0.5) is 0 Å². The number of rotatable bonds is 21. The van der Waals surface area contributed by atoms with Gasteiger partial charge in [-0.15, -0.1) is 0 Å². The molecule has 0 aromatic carbocycles. The summed E-state index contributed by atoms with van der Waals surface area (Å²) < 4.78 is 10.7. The standard InChI is InChI=1S/C26H50O5/c1-2-3-4-5-6-7-8-9-10-11-12-13-14-15-16-17-18-19-20-30-21-24(28)26-25(29)23(27)22-31-26/h16-17,23-29H,2-15,18-22H2,1H3/b17-16+/t23-,24+,25-,26-/m1/s1. The van der Waals surface area contributed by atoms with E-state index in [4.69, 9.17) is 9.47 Å². The van der Waals surface area contributed by atoms with Crippen LogP contribution in [0, 0.1) is 0 Å². The van der Waals surface area contributed by atoms with Crippen LogP contribution < -0.4 is 0 Å². The maximum absolute atomic E-state index is 9.95. The predicted octanol–water partition coefficient (Wildman–Crippen LogP) is 5.30. The average molecular weight is 443 g/mol. The number of aliphatic hydroxyl groups excluding tert-OH is 3. The Morgan fingerprint density at radius 1 is 0.806 bits per heavy atom. The zero-order valence-electron chi connectivity index (χ0n) is 20.1. The van der Waals surface area contributed by atoms with Crippen molar-refractivity contribution in [1.29, 1.82) is 0 Å². The molecular formula is C26H50O5. The predicted molar refractivity (Wildman–Crippen MR) is 127 cm³/mol. The zero-order chi connectivity index (χ0) is 22.6. The highest BCUT2D eigenvalue weighted by molar-refractivity contribution is 4.87. The van der Waals surface area contributed by atoms with Gasteiger partial charge in [0.2, 0.25) is 0 Å². The van der Waals surface area contributed by atoms with Crippen molar-refractivity contribution in [3.63, 3.8) is 0 Å². The Bertz CT molecular complexity index is 415. The quantitative estimate of drug-likeness (QED) is 0.166. The monoisotopic (exact) mass is 442 g/mol. The van der Waals surface area contributed by atoms with Crippen molar-refractivity contribution in [2.24, 2.45) is 0 Å². The molecule has 0 bridgehead atoms. The smallest absolute Gasteiger partial charge is 0.114 e. The third kappa shape index (κ3) is 15.1. The summed E-state index contributed by atoms with van der Waals surface area (Å²) in [6.45, 7) is 3.04. The summed E-state index contributed by atoms with van der Waals surface area (Å²) in [6, 6.07) is 0. The highest BCUT2D eigenvalue weighted by Gasteiger charge is 2.39. The van der Waals surface area contributed by atoms with E-state index < -0.39 is 24.4 Å². The Kier molecular flexibility index (Phi) is 18.6.